The lowest BCUT2D eigenvalue weighted by Gasteiger charge is -2.36. The van der Waals surface area contributed by atoms with Crippen LogP contribution in [-0.4, -0.2) is 59.9 Å². The second-order valence-corrected chi connectivity index (χ2v) is 5.02. The lowest BCUT2D eigenvalue weighted by Crippen LogP contribution is -2.48. The number of aliphatic hydroxyl groups excluding tert-OH is 1. The first-order valence-corrected chi connectivity index (χ1v) is 6.67. The molecule has 0 bridgehead atoms. The van der Waals surface area contributed by atoms with E-state index >= 15 is 0 Å². The molecular weight excluding hydrogens is 263 g/mol. The van der Waals surface area contributed by atoms with E-state index in [9.17, 15) is 14.3 Å². The molecule has 0 aliphatic carbocycles. The van der Waals surface area contributed by atoms with Crippen LogP contribution in [0.5, 0.6) is 0 Å². The first-order chi connectivity index (χ1) is 9.54. The van der Waals surface area contributed by atoms with Gasteiger partial charge >= 0.3 is 5.97 Å². The highest BCUT2D eigenvalue weighted by Gasteiger charge is 2.20. The summed E-state index contributed by atoms with van der Waals surface area (Å²) in [5, 5.41) is 18.2. The highest BCUT2D eigenvalue weighted by atomic mass is 19.1. The zero-order valence-electron chi connectivity index (χ0n) is 11.2. The summed E-state index contributed by atoms with van der Waals surface area (Å²) in [6.45, 7) is 3.46. The van der Waals surface area contributed by atoms with Crippen LogP contribution in [0.3, 0.4) is 0 Å². The molecule has 1 unspecified atom stereocenters. The summed E-state index contributed by atoms with van der Waals surface area (Å²) in [7, 11) is 0. The second-order valence-electron chi connectivity index (χ2n) is 5.02. The molecule has 0 radical (unpaired) electrons. The van der Waals surface area contributed by atoms with E-state index in [2.05, 4.69) is 4.90 Å². The molecule has 0 spiro atoms. The maximum Gasteiger partial charge on any atom is 0.306 e. The van der Waals surface area contributed by atoms with Crippen molar-refractivity contribution in [3.05, 3.63) is 30.1 Å². The fourth-order valence-electron chi connectivity index (χ4n) is 2.40. The molecule has 6 heteroatoms. The molecule has 110 valence electrons. The Hall–Kier alpha value is -1.66. The smallest absolute Gasteiger partial charge is 0.306 e. The number of carboxylic acid groups (broad SMARTS) is 1. The molecular formula is C14H19FN2O3. The Kier molecular flexibility index (Phi) is 4.92. The molecule has 1 fully saturated rings. The van der Waals surface area contributed by atoms with Crippen LogP contribution in [0.25, 0.3) is 0 Å². The van der Waals surface area contributed by atoms with E-state index in [1.807, 2.05) is 4.90 Å². The number of aliphatic hydroxyl groups is 1. The summed E-state index contributed by atoms with van der Waals surface area (Å²) in [5.74, 6) is -1.23. The van der Waals surface area contributed by atoms with Gasteiger partial charge < -0.3 is 15.1 Å². The molecule has 1 heterocycles. The van der Waals surface area contributed by atoms with Gasteiger partial charge in [0.1, 0.15) is 5.82 Å². The summed E-state index contributed by atoms with van der Waals surface area (Å²) >= 11 is 0. The van der Waals surface area contributed by atoms with Crippen LogP contribution < -0.4 is 4.90 Å². The van der Waals surface area contributed by atoms with Gasteiger partial charge in [-0.25, -0.2) is 4.39 Å². The van der Waals surface area contributed by atoms with Crippen molar-refractivity contribution in [3.8, 4) is 0 Å². The summed E-state index contributed by atoms with van der Waals surface area (Å²) in [4.78, 5) is 14.7. The van der Waals surface area contributed by atoms with Gasteiger partial charge in [0.05, 0.1) is 12.5 Å². The minimum Gasteiger partial charge on any atom is -0.481 e. The Morgan fingerprint density at radius 3 is 2.35 bits per heavy atom. The average molecular weight is 282 g/mol. The lowest BCUT2D eigenvalue weighted by atomic mass is 10.2. The predicted octanol–water partition coefficient (Wildman–Crippen LogP) is 0.783. The quantitative estimate of drug-likeness (QED) is 0.835. The van der Waals surface area contributed by atoms with Crippen LogP contribution in [0, 0.1) is 5.82 Å². The van der Waals surface area contributed by atoms with Gasteiger partial charge in [0.25, 0.3) is 0 Å². The molecule has 1 aromatic carbocycles. The van der Waals surface area contributed by atoms with Crippen molar-refractivity contribution in [3.63, 3.8) is 0 Å². The number of piperazine rings is 1. The molecule has 0 amide bonds. The van der Waals surface area contributed by atoms with E-state index in [-0.39, 0.29) is 12.2 Å². The summed E-state index contributed by atoms with van der Waals surface area (Å²) in [6.07, 6.45) is -1.05. The number of hydrogen-bond donors (Lipinski definition) is 2. The normalized spacial score (nSPS) is 18.0. The Balaban J connectivity index is 1.80. The van der Waals surface area contributed by atoms with Gasteiger partial charge in [0, 0.05) is 38.4 Å². The van der Waals surface area contributed by atoms with Gasteiger partial charge in [-0.2, -0.15) is 0 Å². The van der Waals surface area contributed by atoms with E-state index in [4.69, 9.17) is 5.11 Å². The van der Waals surface area contributed by atoms with Gasteiger partial charge in [0.15, 0.2) is 0 Å². The van der Waals surface area contributed by atoms with Crippen LogP contribution in [0.15, 0.2) is 24.3 Å². The van der Waals surface area contributed by atoms with Gasteiger partial charge in [0.2, 0.25) is 0 Å². The minimum absolute atomic E-state index is 0.224. The highest BCUT2D eigenvalue weighted by molar-refractivity contribution is 5.67. The van der Waals surface area contributed by atoms with Crippen molar-refractivity contribution in [2.75, 3.05) is 37.6 Å². The molecule has 0 saturated carbocycles. The lowest BCUT2D eigenvalue weighted by molar-refractivity contribution is -0.139. The third kappa shape index (κ3) is 4.18. The number of halogens is 1. The van der Waals surface area contributed by atoms with Gasteiger partial charge in [-0.05, 0) is 24.3 Å². The zero-order valence-corrected chi connectivity index (χ0v) is 11.2. The predicted molar refractivity (Wildman–Crippen MR) is 73.3 cm³/mol. The van der Waals surface area contributed by atoms with E-state index in [0.29, 0.717) is 6.54 Å². The molecule has 1 atom stereocenters. The average Bonchev–Trinajstić information content (AvgIpc) is 2.39. The van der Waals surface area contributed by atoms with Crippen LogP contribution in [0.2, 0.25) is 0 Å². The number of hydrogen-bond acceptors (Lipinski definition) is 4. The summed E-state index contributed by atoms with van der Waals surface area (Å²) < 4.78 is 12.9. The fourth-order valence-corrected chi connectivity index (χ4v) is 2.40. The molecule has 2 rings (SSSR count). The maximum atomic E-state index is 12.9. The van der Waals surface area contributed by atoms with E-state index in [1.54, 1.807) is 12.1 Å². The number of carboxylic acids is 1. The summed E-state index contributed by atoms with van der Waals surface area (Å²) in [6, 6.07) is 6.39. The Labute approximate surface area is 117 Å². The van der Waals surface area contributed by atoms with Gasteiger partial charge in [-0.3, -0.25) is 9.69 Å². The highest BCUT2D eigenvalue weighted by Crippen LogP contribution is 2.17. The number of nitrogens with zero attached hydrogens (tertiary/aromatic N) is 2. The molecule has 0 aromatic heterocycles. The van der Waals surface area contributed by atoms with Crippen molar-refractivity contribution in [2.24, 2.45) is 0 Å². The fraction of sp³-hybridized carbons (Fsp3) is 0.500. The standard InChI is InChI=1S/C14H19FN2O3/c15-11-1-3-12(4-2-11)17-7-5-16(6-8-17)10-13(18)9-14(19)20/h1-4,13,18H,5-10H2,(H,19,20). The molecule has 1 aromatic rings. The first-order valence-electron chi connectivity index (χ1n) is 6.67. The molecule has 20 heavy (non-hydrogen) atoms. The second kappa shape index (κ2) is 6.67. The topological polar surface area (TPSA) is 64.0 Å². The number of carbonyl (C=O) groups is 1. The van der Waals surface area contributed by atoms with Crippen molar-refractivity contribution < 1.29 is 19.4 Å². The van der Waals surface area contributed by atoms with Crippen LogP contribution in [-0.2, 0) is 4.79 Å². The molecule has 1 saturated heterocycles. The number of anilines is 1. The van der Waals surface area contributed by atoms with Crippen molar-refractivity contribution in [2.45, 2.75) is 12.5 Å². The zero-order chi connectivity index (χ0) is 14.5. The van der Waals surface area contributed by atoms with Crippen LogP contribution in [0.4, 0.5) is 10.1 Å². The van der Waals surface area contributed by atoms with Crippen molar-refractivity contribution >= 4 is 11.7 Å². The number of rotatable bonds is 5. The summed E-state index contributed by atoms with van der Waals surface area (Å²) in [5.41, 5.74) is 0.983. The largest absolute Gasteiger partial charge is 0.481 e. The Bertz CT molecular complexity index is 444. The molecule has 1 aliphatic rings. The SMILES string of the molecule is O=C(O)CC(O)CN1CCN(c2ccc(F)cc2)CC1. The van der Waals surface area contributed by atoms with Gasteiger partial charge in [-0.15, -0.1) is 0 Å². The Morgan fingerprint density at radius 2 is 1.80 bits per heavy atom. The Morgan fingerprint density at radius 1 is 1.20 bits per heavy atom. The van der Waals surface area contributed by atoms with E-state index in [0.717, 1.165) is 31.9 Å². The van der Waals surface area contributed by atoms with E-state index in [1.165, 1.54) is 12.1 Å². The van der Waals surface area contributed by atoms with Crippen molar-refractivity contribution in [1.29, 1.82) is 0 Å². The molecule has 1 aliphatic heterocycles. The van der Waals surface area contributed by atoms with Gasteiger partial charge in [-0.1, -0.05) is 0 Å². The third-order valence-electron chi connectivity index (χ3n) is 3.44. The maximum absolute atomic E-state index is 12.9. The first kappa shape index (κ1) is 14.7. The minimum atomic E-state index is -0.984. The number of aliphatic carboxylic acids is 1. The van der Waals surface area contributed by atoms with Crippen LogP contribution in [0.1, 0.15) is 6.42 Å². The molecule has 5 nitrogen and oxygen atoms in total. The molecule has 2 N–H and O–H groups in total. The van der Waals surface area contributed by atoms with Crippen LogP contribution >= 0.6 is 0 Å². The number of β-amino-alcohol motifs (C(OH)–C–C–N with tert-alkyl or cyclic N) is 1. The van der Waals surface area contributed by atoms with E-state index < -0.39 is 12.1 Å². The third-order valence-corrected chi connectivity index (χ3v) is 3.44. The monoisotopic (exact) mass is 282 g/mol. The number of benzene rings is 1. The van der Waals surface area contributed by atoms with Crippen molar-refractivity contribution in [1.82, 2.24) is 4.90 Å².